The molecule has 8 heteroatoms. The van der Waals surface area contributed by atoms with Crippen LogP contribution in [0.25, 0.3) is 0 Å². The summed E-state index contributed by atoms with van der Waals surface area (Å²) < 4.78 is 10.7. The van der Waals surface area contributed by atoms with Gasteiger partial charge in [0.1, 0.15) is 0 Å². The van der Waals surface area contributed by atoms with Gasteiger partial charge in [0.2, 0.25) is 11.9 Å². The minimum atomic E-state index is -0.138. The first-order chi connectivity index (χ1) is 12.2. The first-order valence-corrected chi connectivity index (χ1v) is 9.01. The maximum atomic E-state index is 12.5. The quantitative estimate of drug-likeness (QED) is 0.825. The molecule has 0 saturated carbocycles. The topological polar surface area (TPSA) is 87.8 Å². The van der Waals surface area contributed by atoms with E-state index >= 15 is 0 Å². The van der Waals surface area contributed by atoms with Crippen LogP contribution >= 0.6 is 0 Å². The molecule has 0 unspecified atom stereocenters. The Morgan fingerprint density at radius 3 is 2.76 bits per heavy atom. The van der Waals surface area contributed by atoms with E-state index in [4.69, 9.17) is 9.47 Å². The van der Waals surface area contributed by atoms with Crippen molar-refractivity contribution in [2.45, 2.75) is 18.8 Å². The van der Waals surface area contributed by atoms with E-state index in [9.17, 15) is 9.59 Å². The van der Waals surface area contributed by atoms with Crippen LogP contribution in [0.15, 0.2) is 10.9 Å². The first kappa shape index (κ1) is 16.5. The molecule has 1 aromatic rings. The molecule has 3 fully saturated rings. The van der Waals surface area contributed by atoms with Gasteiger partial charge in [-0.2, -0.15) is 0 Å². The van der Waals surface area contributed by atoms with Gasteiger partial charge in [0.05, 0.1) is 31.4 Å². The highest BCUT2D eigenvalue weighted by Gasteiger charge is 2.34. The Labute approximate surface area is 146 Å². The van der Waals surface area contributed by atoms with E-state index in [1.54, 1.807) is 6.07 Å². The number of nitrogens with zero attached hydrogens (tertiary/aromatic N) is 3. The van der Waals surface area contributed by atoms with Crippen LogP contribution in [-0.4, -0.2) is 73.4 Å². The van der Waals surface area contributed by atoms with Crippen LogP contribution in [0.5, 0.6) is 0 Å². The molecule has 3 aliphatic heterocycles. The van der Waals surface area contributed by atoms with Crippen molar-refractivity contribution in [3.8, 4) is 0 Å². The third-order valence-electron chi connectivity index (χ3n) is 5.26. The highest BCUT2D eigenvalue weighted by atomic mass is 16.5. The summed E-state index contributed by atoms with van der Waals surface area (Å²) in [6.07, 6.45) is 1.66. The van der Waals surface area contributed by atoms with Crippen molar-refractivity contribution < 1.29 is 14.3 Å². The number of anilines is 1. The number of nitrogens with one attached hydrogen (secondary N) is 1. The smallest absolute Gasteiger partial charge is 0.252 e. The SMILES string of the molecule is O=C([C@@H]1CCOC1)N1CC[C@H](c2cc(=O)[nH]c(N3CCOCC3)n2)C1. The van der Waals surface area contributed by atoms with Crippen molar-refractivity contribution in [2.24, 2.45) is 5.92 Å². The number of likely N-dealkylation sites (tertiary alicyclic amines) is 1. The maximum Gasteiger partial charge on any atom is 0.252 e. The summed E-state index contributed by atoms with van der Waals surface area (Å²) in [5.74, 6) is 0.904. The van der Waals surface area contributed by atoms with Gasteiger partial charge >= 0.3 is 0 Å². The monoisotopic (exact) mass is 348 g/mol. The molecule has 25 heavy (non-hydrogen) atoms. The predicted molar refractivity (Wildman–Crippen MR) is 90.8 cm³/mol. The normalized spacial score (nSPS) is 27.0. The number of rotatable bonds is 3. The summed E-state index contributed by atoms with van der Waals surface area (Å²) in [7, 11) is 0. The fraction of sp³-hybridized carbons (Fsp3) is 0.706. The second-order valence-corrected chi connectivity index (χ2v) is 6.92. The molecule has 1 N–H and O–H groups in total. The summed E-state index contributed by atoms with van der Waals surface area (Å²) in [6, 6.07) is 1.57. The molecule has 4 rings (SSSR count). The number of hydrogen-bond donors (Lipinski definition) is 1. The van der Waals surface area contributed by atoms with Crippen LogP contribution in [0.4, 0.5) is 5.95 Å². The zero-order valence-corrected chi connectivity index (χ0v) is 14.3. The molecule has 2 atom stereocenters. The average Bonchev–Trinajstić information content (AvgIpc) is 3.33. The van der Waals surface area contributed by atoms with Gasteiger partial charge in [0, 0.05) is 44.8 Å². The summed E-state index contributed by atoms with van der Waals surface area (Å²) in [4.78, 5) is 36.1. The molecule has 136 valence electrons. The van der Waals surface area contributed by atoms with Crippen LogP contribution in [-0.2, 0) is 14.3 Å². The van der Waals surface area contributed by atoms with Gasteiger partial charge in [-0.05, 0) is 12.8 Å². The van der Waals surface area contributed by atoms with Gasteiger partial charge in [-0.25, -0.2) is 4.98 Å². The molecule has 3 saturated heterocycles. The van der Waals surface area contributed by atoms with Crippen LogP contribution in [0.2, 0.25) is 0 Å². The minimum absolute atomic E-state index is 0.00482. The standard InChI is InChI=1S/C17H24N4O4/c22-15-9-14(18-17(19-15)20-4-7-24-8-5-20)12-1-3-21(10-12)16(23)13-2-6-25-11-13/h9,12-13H,1-8,10-11H2,(H,18,19,22)/t12-,13+/m0/s1. The Balaban J connectivity index is 1.47. The Morgan fingerprint density at radius 2 is 2.00 bits per heavy atom. The van der Waals surface area contributed by atoms with Crippen LogP contribution < -0.4 is 10.5 Å². The summed E-state index contributed by atoms with van der Waals surface area (Å²) in [5.41, 5.74) is 0.642. The van der Waals surface area contributed by atoms with Gasteiger partial charge < -0.3 is 19.3 Å². The maximum absolute atomic E-state index is 12.5. The number of amides is 1. The number of ether oxygens (including phenoxy) is 2. The molecule has 0 spiro atoms. The van der Waals surface area contributed by atoms with E-state index in [1.807, 2.05) is 9.80 Å². The van der Waals surface area contributed by atoms with Gasteiger partial charge in [0.15, 0.2) is 0 Å². The lowest BCUT2D eigenvalue weighted by Gasteiger charge is -2.27. The third kappa shape index (κ3) is 3.55. The van der Waals surface area contributed by atoms with Gasteiger partial charge in [-0.1, -0.05) is 0 Å². The van der Waals surface area contributed by atoms with E-state index in [1.165, 1.54) is 0 Å². The van der Waals surface area contributed by atoms with E-state index < -0.39 is 0 Å². The molecule has 0 aliphatic carbocycles. The molecule has 0 bridgehead atoms. The van der Waals surface area contributed by atoms with Crippen LogP contribution in [0.3, 0.4) is 0 Å². The highest BCUT2D eigenvalue weighted by molar-refractivity contribution is 5.79. The molecular formula is C17H24N4O4. The number of aromatic nitrogens is 2. The first-order valence-electron chi connectivity index (χ1n) is 9.01. The summed E-state index contributed by atoms with van der Waals surface area (Å²) in [6.45, 7) is 5.30. The fourth-order valence-corrected chi connectivity index (χ4v) is 3.79. The zero-order chi connectivity index (χ0) is 17.2. The Kier molecular flexibility index (Phi) is 4.72. The Morgan fingerprint density at radius 1 is 1.16 bits per heavy atom. The number of carbonyl (C=O) groups excluding carboxylic acids is 1. The molecular weight excluding hydrogens is 324 g/mol. The van der Waals surface area contributed by atoms with Crippen molar-refractivity contribution in [2.75, 3.05) is 57.5 Å². The lowest BCUT2D eigenvalue weighted by molar-refractivity contribution is -0.134. The second-order valence-electron chi connectivity index (χ2n) is 6.92. The fourth-order valence-electron chi connectivity index (χ4n) is 3.79. The molecule has 8 nitrogen and oxygen atoms in total. The number of aromatic amines is 1. The summed E-state index contributed by atoms with van der Waals surface area (Å²) in [5, 5.41) is 0. The van der Waals surface area contributed by atoms with Crippen LogP contribution in [0, 0.1) is 5.92 Å². The van der Waals surface area contributed by atoms with Crippen molar-refractivity contribution in [3.05, 3.63) is 22.1 Å². The molecule has 1 aromatic heterocycles. The van der Waals surface area contributed by atoms with E-state index in [0.29, 0.717) is 38.9 Å². The average molecular weight is 348 g/mol. The number of H-pyrrole nitrogens is 1. The predicted octanol–water partition coefficient (Wildman–Crippen LogP) is -0.0411. The Bertz CT molecular complexity index is 679. The number of morpholine rings is 1. The van der Waals surface area contributed by atoms with Crippen molar-refractivity contribution in [1.29, 1.82) is 0 Å². The largest absolute Gasteiger partial charge is 0.381 e. The molecule has 0 aromatic carbocycles. The van der Waals surface area contributed by atoms with E-state index in [2.05, 4.69) is 9.97 Å². The zero-order valence-electron chi connectivity index (χ0n) is 14.3. The molecule has 3 aliphatic rings. The molecule has 1 amide bonds. The van der Waals surface area contributed by atoms with Gasteiger partial charge in [-0.15, -0.1) is 0 Å². The lowest BCUT2D eigenvalue weighted by Crippen LogP contribution is -2.38. The van der Waals surface area contributed by atoms with Gasteiger partial charge in [-0.3, -0.25) is 14.6 Å². The summed E-state index contributed by atoms with van der Waals surface area (Å²) >= 11 is 0. The van der Waals surface area contributed by atoms with Crippen molar-refractivity contribution in [1.82, 2.24) is 14.9 Å². The second kappa shape index (κ2) is 7.13. The van der Waals surface area contributed by atoms with Crippen molar-refractivity contribution in [3.63, 3.8) is 0 Å². The Hall–Kier alpha value is -1.93. The van der Waals surface area contributed by atoms with E-state index in [-0.39, 0.29) is 23.3 Å². The number of hydrogen-bond acceptors (Lipinski definition) is 6. The minimum Gasteiger partial charge on any atom is -0.381 e. The van der Waals surface area contributed by atoms with Gasteiger partial charge in [0.25, 0.3) is 5.56 Å². The molecule has 0 radical (unpaired) electrons. The van der Waals surface area contributed by atoms with Crippen molar-refractivity contribution >= 4 is 11.9 Å². The van der Waals surface area contributed by atoms with Crippen LogP contribution in [0.1, 0.15) is 24.5 Å². The lowest BCUT2D eigenvalue weighted by atomic mass is 10.0. The van der Waals surface area contributed by atoms with E-state index in [0.717, 1.165) is 38.2 Å². The number of carbonyl (C=O) groups is 1. The highest BCUT2D eigenvalue weighted by Crippen LogP contribution is 2.28. The molecule has 4 heterocycles. The third-order valence-corrected chi connectivity index (χ3v) is 5.26.